The zero-order valence-corrected chi connectivity index (χ0v) is 11.3. The van der Waals surface area contributed by atoms with Gasteiger partial charge in [-0.15, -0.1) is 0 Å². The number of hydrogen-bond acceptors (Lipinski definition) is 3. The van der Waals surface area contributed by atoms with Crippen LogP contribution in [0.15, 0.2) is 24.5 Å². The molecule has 2 rings (SSSR count). The molecule has 2 aromatic heterocycles. The average Bonchev–Trinajstić information content (AvgIpc) is 2.80. The van der Waals surface area contributed by atoms with Crippen molar-refractivity contribution < 1.29 is 14.7 Å². The highest BCUT2D eigenvalue weighted by Crippen LogP contribution is 2.07. The molecule has 2 aromatic rings. The van der Waals surface area contributed by atoms with Crippen molar-refractivity contribution in [3.8, 4) is 0 Å². The fourth-order valence-electron chi connectivity index (χ4n) is 1.89. The molecule has 0 radical (unpaired) electrons. The van der Waals surface area contributed by atoms with E-state index in [9.17, 15) is 9.59 Å². The van der Waals surface area contributed by atoms with Crippen molar-refractivity contribution in [3.63, 3.8) is 0 Å². The maximum Gasteiger partial charge on any atom is 0.303 e. The predicted octanol–water partition coefficient (Wildman–Crippen LogP) is 1.63. The Bertz CT molecular complexity index is 634. The molecule has 0 bridgehead atoms. The number of aromatic nitrogens is 2. The molecule has 2 heterocycles. The van der Waals surface area contributed by atoms with E-state index in [4.69, 9.17) is 5.11 Å². The number of pyridine rings is 1. The lowest BCUT2D eigenvalue weighted by Crippen LogP contribution is -2.24. The summed E-state index contributed by atoms with van der Waals surface area (Å²) in [5.74, 6) is -1.05. The number of nitrogens with one attached hydrogen (secondary N) is 1. The van der Waals surface area contributed by atoms with E-state index in [0.29, 0.717) is 25.1 Å². The Hall–Kier alpha value is -2.37. The molecule has 0 spiro atoms. The van der Waals surface area contributed by atoms with Crippen LogP contribution >= 0.6 is 0 Å². The Morgan fingerprint density at radius 2 is 2.20 bits per heavy atom. The third kappa shape index (κ3) is 3.57. The normalized spacial score (nSPS) is 10.7. The van der Waals surface area contributed by atoms with E-state index >= 15 is 0 Å². The number of amides is 1. The van der Waals surface area contributed by atoms with E-state index in [1.165, 1.54) is 0 Å². The van der Waals surface area contributed by atoms with Gasteiger partial charge in [-0.2, -0.15) is 0 Å². The molecule has 1 amide bonds. The molecule has 0 atom stereocenters. The van der Waals surface area contributed by atoms with Gasteiger partial charge in [0.1, 0.15) is 11.3 Å². The highest BCUT2D eigenvalue weighted by Gasteiger charge is 2.10. The van der Waals surface area contributed by atoms with Crippen molar-refractivity contribution in [1.82, 2.24) is 14.7 Å². The van der Waals surface area contributed by atoms with Gasteiger partial charge in [0.2, 0.25) is 0 Å². The second-order valence-corrected chi connectivity index (χ2v) is 4.70. The summed E-state index contributed by atoms with van der Waals surface area (Å²) in [6.45, 7) is 2.43. The number of carboxylic acids is 1. The largest absolute Gasteiger partial charge is 0.481 e. The lowest BCUT2D eigenvalue weighted by Gasteiger charge is -2.01. The molecule has 0 saturated carbocycles. The fourth-order valence-corrected chi connectivity index (χ4v) is 1.89. The first-order chi connectivity index (χ1) is 9.56. The minimum atomic E-state index is -0.813. The van der Waals surface area contributed by atoms with E-state index in [1.807, 2.05) is 25.3 Å². The average molecular weight is 275 g/mol. The molecule has 0 aliphatic rings. The topological polar surface area (TPSA) is 83.7 Å². The molecule has 20 heavy (non-hydrogen) atoms. The molecule has 0 saturated heterocycles. The summed E-state index contributed by atoms with van der Waals surface area (Å²) in [5.41, 5.74) is 2.19. The third-order valence-corrected chi connectivity index (χ3v) is 2.95. The lowest BCUT2D eigenvalue weighted by atomic mass is 10.2. The molecule has 2 N–H and O–H groups in total. The minimum absolute atomic E-state index is 0.128. The van der Waals surface area contributed by atoms with Crippen LogP contribution in [0.2, 0.25) is 0 Å². The number of fused-ring (bicyclic) bond motifs is 1. The molecule has 0 fully saturated rings. The minimum Gasteiger partial charge on any atom is -0.481 e. The maximum absolute atomic E-state index is 11.9. The Morgan fingerprint density at radius 3 is 2.95 bits per heavy atom. The van der Waals surface area contributed by atoms with Gasteiger partial charge in [-0.3, -0.25) is 9.59 Å². The van der Waals surface area contributed by atoms with Crippen LogP contribution in [0.25, 0.3) is 5.65 Å². The summed E-state index contributed by atoms with van der Waals surface area (Å²) in [4.78, 5) is 26.5. The SMILES string of the molecule is Cc1ccn2cc(C(=O)NCCCCC(=O)O)nc2c1. The molecular formula is C14H17N3O3. The van der Waals surface area contributed by atoms with Gasteiger partial charge < -0.3 is 14.8 Å². The number of unbranched alkanes of at least 4 members (excludes halogenated alkanes) is 1. The van der Waals surface area contributed by atoms with Crippen LogP contribution in [0.3, 0.4) is 0 Å². The summed E-state index contributed by atoms with van der Waals surface area (Å²) in [6.07, 6.45) is 4.87. The van der Waals surface area contributed by atoms with Gasteiger partial charge in [-0.25, -0.2) is 4.98 Å². The van der Waals surface area contributed by atoms with Crippen molar-refractivity contribution in [2.45, 2.75) is 26.2 Å². The second kappa shape index (κ2) is 6.18. The van der Waals surface area contributed by atoms with Crippen LogP contribution in [0.4, 0.5) is 0 Å². The summed E-state index contributed by atoms with van der Waals surface area (Å²) >= 11 is 0. The molecule has 6 heteroatoms. The zero-order chi connectivity index (χ0) is 14.5. The van der Waals surface area contributed by atoms with Crippen LogP contribution < -0.4 is 5.32 Å². The third-order valence-electron chi connectivity index (χ3n) is 2.95. The van der Waals surface area contributed by atoms with E-state index in [1.54, 1.807) is 10.6 Å². The van der Waals surface area contributed by atoms with E-state index in [0.717, 1.165) is 11.2 Å². The van der Waals surface area contributed by atoms with E-state index in [-0.39, 0.29) is 12.3 Å². The van der Waals surface area contributed by atoms with Crippen LogP contribution in [0.1, 0.15) is 35.3 Å². The predicted molar refractivity (Wildman–Crippen MR) is 73.7 cm³/mol. The monoisotopic (exact) mass is 275 g/mol. The molecule has 0 aromatic carbocycles. The van der Waals surface area contributed by atoms with Crippen molar-refractivity contribution >= 4 is 17.5 Å². The summed E-state index contributed by atoms with van der Waals surface area (Å²) in [5, 5.41) is 11.2. The number of aliphatic carboxylic acids is 1. The Morgan fingerprint density at radius 1 is 1.40 bits per heavy atom. The molecule has 0 aliphatic carbocycles. The van der Waals surface area contributed by atoms with Crippen molar-refractivity contribution in [1.29, 1.82) is 0 Å². The lowest BCUT2D eigenvalue weighted by molar-refractivity contribution is -0.137. The van der Waals surface area contributed by atoms with Gasteiger partial charge in [0.25, 0.3) is 5.91 Å². The molecule has 6 nitrogen and oxygen atoms in total. The number of carboxylic acid groups (broad SMARTS) is 1. The van der Waals surface area contributed by atoms with Gasteiger partial charge in [0.05, 0.1) is 0 Å². The fraction of sp³-hybridized carbons (Fsp3) is 0.357. The smallest absolute Gasteiger partial charge is 0.303 e. The highest BCUT2D eigenvalue weighted by molar-refractivity contribution is 5.92. The van der Waals surface area contributed by atoms with Gasteiger partial charge in [0, 0.05) is 25.4 Å². The number of imidazole rings is 1. The summed E-state index contributed by atoms with van der Waals surface area (Å²) in [7, 11) is 0. The maximum atomic E-state index is 11.9. The Kier molecular flexibility index (Phi) is 4.34. The molecule has 0 unspecified atom stereocenters. The zero-order valence-electron chi connectivity index (χ0n) is 11.3. The van der Waals surface area contributed by atoms with Crippen molar-refractivity contribution in [2.24, 2.45) is 0 Å². The van der Waals surface area contributed by atoms with Gasteiger partial charge in [-0.1, -0.05) is 0 Å². The molecule has 0 aliphatic heterocycles. The standard InChI is InChI=1S/C14H17N3O3/c1-10-5-7-17-9-11(16-12(17)8-10)14(20)15-6-3-2-4-13(18)19/h5,7-9H,2-4,6H2,1H3,(H,15,20)(H,18,19). The van der Waals surface area contributed by atoms with E-state index in [2.05, 4.69) is 10.3 Å². The quantitative estimate of drug-likeness (QED) is 0.785. The molecular weight excluding hydrogens is 258 g/mol. The number of hydrogen-bond donors (Lipinski definition) is 2. The summed E-state index contributed by atoms with van der Waals surface area (Å²) < 4.78 is 1.80. The number of nitrogens with zero attached hydrogens (tertiary/aromatic N) is 2. The highest BCUT2D eigenvalue weighted by atomic mass is 16.4. The first-order valence-electron chi connectivity index (χ1n) is 6.51. The number of carbonyl (C=O) groups is 2. The van der Waals surface area contributed by atoms with Crippen molar-refractivity contribution in [3.05, 3.63) is 35.8 Å². The Labute approximate surface area is 116 Å². The van der Waals surface area contributed by atoms with Crippen LogP contribution in [0, 0.1) is 6.92 Å². The van der Waals surface area contributed by atoms with Crippen LogP contribution in [-0.4, -0.2) is 32.9 Å². The number of carbonyl (C=O) groups excluding carboxylic acids is 1. The van der Waals surface area contributed by atoms with Crippen LogP contribution in [0.5, 0.6) is 0 Å². The van der Waals surface area contributed by atoms with Crippen LogP contribution in [-0.2, 0) is 4.79 Å². The Balaban J connectivity index is 1.89. The van der Waals surface area contributed by atoms with E-state index < -0.39 is 5.97 Å². The summed E-state index contributed by atoms with van der Waals surface area (Å²) in [6, 6.07) is 3.85. The molecule has 106 valence electrons. The van der Waals surface area contributed by atoms with Gasteiger partial charge >= 0.3 is 5.97 Å². The first kappa shape index (κ1) is 14.0. The second-order valence-electron chi connectivity index (χ2n) is 4.70. The van der Waals surface area contributed by atoms with Gasteiger partial charge in [0.15, 0.2) is 0 Å². The van der Waals surface area contributed by atoms with Crippen molar-refractivity contribution in [2.75, 3.05) is 6.54 Å². The van der Waals surface area contributed by atoms with Gasteiger partial charge in [-0.05, 0) is 37.5 Å². The number of rotatable bonds is 6. The number of aryl methyl sites for hydroxylation is 1. The first-order valence-corrected chi connectivity index (χ1v) is 6.51.